The van der Waals surface area contributed by atoms with Gasteiger partial charge < -0.3 is 15.1 Å². The number of amides is 1. The lowest BCUT2D eigenvalue weighted by molar-refractivity contribution is -0.108. The lowest BCUT2D eigenvalue weighted by Gasteiger charge is -2.34. The molecule has 0 aliphatic heterocycles. The number of carbonyl (C=O) groups is 2. The molecule has 0 saturated heterocycles. The summed E-state index contributed by atoms with van der Waals surface area (Å²) in [6.45, 7) is 6.81. The molecule has 38 heavy (non-hydrogen) atoms. The van der Waals surface area contributed by atoms with Crippen LogP contribution < -0.4 is 10.9 Å². The van der Waals surface area contributed by atoms with Crippen molar-refractivity contribution in [3.05, 3.63) is 80.6 Å². The zero-order valence-electron chi connectivity index (χ0n) is 21.5. The van der Waals surface area contributed by atoms with Gasteiger partial charge in [0.05, 0.1) is 6.04 Å². The lowest BCUT2D eigenvalue weighted by Crippen LogP contribution is -2.28. The highest BCUT2D eigenvalue weighted by atomic mass is 32.1. The lowest BCUT2D eigenvalue weighted by atomic mass is 9.71. The van der Waals surface area contributed by atoms with E-state index in [1.54, 1.807) is 24.3 Å². The van der Waals surface area contributed by atoms with E-state index in [2.05, 4.69) is 42.1 Å². The van der Waals surface area contributed by atoms with Crippen LogP contribution in [0.5, 0.6) is 0 Å². The molecule has 1 aliphatic rings. The molecule has 1 aromatic carbocycles. The van der Waals surface area contributed by atoms with Crippen LogP contribution in [0.3, 0.4) is 0 Å². The number of fused-ring (bicyclic) bond motifs is 2. The molecule has 0 unspecified atom stereocenters. The summed E-state index contributed by atoms with van der Waals surface area (Å²) in [6, 6.07) is 9.73. The predicted molar refractivity (Wildman–Crippen MR) is 146 cm³/mol. The molecule has 1 amide bonds. The molecule has 196 valence electrons. The summed E-state index contributed by atoms with van der Waals surface area (Å²) in [5.41, 5.74) is 4.40. The average Bonchev–Trinajstić information content (AvgIpc) is 3.31. The van der Waals surface area contributed by atoms with E-state index in [0.29, 0.717) is 22.1 Å². The second kappa shape index (κ2) is 10.2. The van der Waals surface area contributed by atoms with Crippen molar-refractivity contribution in [1.29, 1.82) is 0 Å². The first-order valence-electron chi connectivity index (χ1n) is 12.6. The summed E-state index contributed by atoms with van der Waals surface area (Å²) >= 11 is 1.25. The van der Waals surface area contributed by atoms with Crippen LogP contribution in [0.4, 0.5) is 4.39 Å². The monoisotopic (exact) mass is 532 g/mol. The van der Waals surface area contributed by atoms with Gasteiger partial charge in [0.25, 0.3) is 11.5 Å². The molecule has 2 N–H and O–H groups in total. The molecule has 0 fully saturated rings. The summed E-state index contributed by atoms with van der Waals surface area (Å²) in [5.74, 6) is -0.649. The van der Waals surface area contributed by atoms with Crippen molar-refractivity contribution in [2.24, 2.45) is 11.3 Å². The normalized spacial score (nSPS) is 16.2. The number of pyridine rings is 2. The number of nitrogens with zero attached hydrogens (tertiary/aromatic N) is 2. The Balaban J connectivity index is 1.35. The Morgan fingerprint density at radius 3 is 2.66 bits per heavy atom. The number of aromatic nitrogens is 3. The van der Waals surface area contributed by atoms with Crippen LogP contribution in [0, 0.1) is 17.2 Å². The molecule has 3 heterocycles. The summed E-state index contributed by atoms with van der Waals surface area (Å²) in [5, 5.41) is 3.23. The van der Waals surface area contributed by atoms with Crippen LogP contribution in [-0.4, -0.2) is 27.1 Å². The summed E-state index contributed by atoms with van der Waals surface area (Å²) in [4.78, 5) is 48.4. The van der Waals surface area contributed by atoms with E-state index in [9.17, 15) is 18.8 Å². The molecule has 2 atom stereocenters. The zero-order valence-corrected chi connectivity index (χ0v) is 22.3. The highest BCUT2D eigenvalue weighted by molar-refractivity contribution is 7.19. The smallest absolute Gasteiger partial charge is 0.283 e. The number of hydrogen-bond donors (Lipinski definition) is 2. The number of aldehydes is 1. The summed E-state index contributed by atoms with van der Waals surface area (Å²) in [6.07, 6.45) is 5.28. The van der Waals surface area contributed by atoms with Gasteiger partial charge in [0.1, 0.15) is 16.6 Å². The second-order valence-electron chi connectivity index (χ2n) is 10.9. The van der Waals surface area contributed by atoms with E-state index in [1.165, 1.54) is 29.2 Å². The van der Waals surface area contributed by atoms with Crippen molar-refractivity contribution in [3.8, 4) is 11.1 Å². The van der Waals surface area contributed by atoms with Crippen molar-refractivity contribution in [2.45, 2.75) is 52.5 Å². The number of nitrogens with one attached hydrogen (secondary N) is 2. The standard InChI is InChI=1S/C29H29FN4O3S/c1-29(2,3)20-8-9-22-18(12-20)14-24-27(33-22)38-28(34-24)26(37)32-23(10-11-35)17-6-4-16(5-7-17)19-13-21(30)25(36)31-15-19/h4-7,11,13-15,20,23H,8-10,12H2,1-3H3,(H,31,36)(H,32,37)/t20-,23+/m0/s1. The van der Waals surface area contributed by atoms with E-state index in [1.807, 2.05) is 0 Å². The Morgan fingerprint density at radius 1 is 1.21 bits per heavy atom. The molecule has 9 heteroatoms. The van der Waals surface area contributed by atoms with Crippen LogP contribution in [-0.2, 0) is 17.6 Å². The molecule has 3 aromatic heterocycles. The van der Waals surface area contributed by atoms with Gasteiger partial charge in [-0.3, -0.25) is 9.59 Å². The highest BCUT2D eigenvalue weighted by Gasteiger charge is 2.30. The topological polar surface area (TPSA) is 105 Å². The Bertz CT molecular complexity index is 1570. The number of halogens is 1. The van der Waals surface area contributed by atoms with Gasteiger partial charge in [0.15, 0.2) is 10.8 Å². The minimum Gasteiger partial charge on any atom is -0.343 e. The maximum atomic E-state index is 13.7. The van der Waals surface area contributed by atoms with E-state index in [-0.39, 0.29) is 17.7 Å². The molecular weight excluding hydrogens is 503 g/mol. The number of H-pyrrole nitrogens is 1. The fourth-order valence-electron chi connectivity index (χ4n) is 4.97. The Labute approximate surface area is 223 Å². The number of rotatable bonds is 6. The van der Waals surface area contributed by atoms with Gasteiger partial charge in [-0.25, -0.2) is 14.4 Å². The molecule has 0 saturated carbocycles. The van der Waals surface area contributed by atoms with Crippen LogP contribution in [0.1, 0.15) is 66.3 Å². The number of aryl methyl sites for hydroxylation is 1. The number of benzene rings is 1. The van der Waals surface area contributed by atoms with Crippen LogP contribution in [0.15, 0.2) is 47.4 Å². The number of hydrogen-bond acceptors (Lipinski definition) is 6. The third-order valence-electron chi connectivity index (χ3n) is 7.31. The van der Waals surface area contributed by atoms with Gasteiger partial charge in [-0.2, -0.15) is 0 Å². The Kier molecular flexibility index (Phi) is 6.96. The molecule has 1 aliphatic carbocycles. The molecule has 0 spiro atoms. The Morgan fingerprint density at radius 2 is 1.97 bits per heavy atom. The average molecular weight is 533 g/mol. The third kappa shape index (κ3) is 5.29. The molecule has 7 nitrogen and oxygen atoms in total. The van der Waals surface area contributed by atoms with Gasteiger partial charge in [-0.1, -0.05) is 56.4 Å². The van der Waals surface area contributed by atoms with Crippen LogP contribution in [0.25, 0.3) is 21.5 Å². The van der Waals surface area contributed by atoms with E-state index in [4.69, 9.17) is 4.98 Å². The van der Waals surface area contributed by atoms with Crippen LogP contribution in [0.2, 0.25) is 0 Å². The molecular formula is C29H29FN4O3S. The second-order valence-corrected chi connectivity index (χ2v) is 11.8. The largest absolute Gasteiger partial charge is 0.343 e. The minimum atomic E-state index is -0.863. The molecule has 4 aromatic rings. The molecule has 0 bridgehead atoms. The van der Waals surface area contributed by atoms with Crippen molar-refractivity contribution in [3.63, 3.8) is 0 Å². The zero-order chi connectivity index (χ0) is 27.0. The fourth-order valence-corrected chi connectivity index (χ4v) is 5.82. The van der Waals surface area contributed by atoms with Crippen molar-refractivity contribution in [2.75, 3.05) is 0 Å². The number of carbonyl (C=O) groups excluding carboxylic acids is 2. The summed E-state index contributed by atoms with van der Waals surface area (Å²) in [7, 11) is 0. The summed E-state index contributed by atoms with van der Waals surface area (Å²) < 4.78 is 13.7. The van der Waals surface area contributed by atoms with E-state index >= 15 is 0 Å². The SMILES string of the molecule is CC(C)(C)[C@H]1CCc2nc3sc(C(=O)N[C@H](CC=O)c4ccc(-c5c[nH]c(=O)c(F)c5)cc4)nc3cc2C1. The Hall–Kier alpha value is -3.72. The molecule has 5 rings (SSSR count). The van der Waals surface area contributed by atoms with Gasteiger partial charge in [0, 0.05) is 23.9 Å². The van der Waals surface area contributed by atoms with Crippen molar-refractivity contribution < 1.29 is 14.0 Å². The van der Waals surface area contributed by atoms with Crippen molar-refractivity contribution in [1.82, 2.24) is 20.3 Å². The van der Waals surface area contributed by atoms with Gasteiger partial charge in [0.2, 0.25) is 0 Å². The van der Waals surface area contributed by atoms with Gasteiger partial charge in [-0.05, 0) is 59.4 Å². The van der Waals surface area contributed by atoms with E-state index < -0.39 is 17.4 Å². The number of aromatic amines is 1. The minimum absolute atomic E-state index is 0.0873. The van der Waals surface area contributed by atoms with Crippen molar-refractivity contribution >= 4 is 33.9 Å². The van der Waals surface area contributed by atoms with Gasteiger partial charge in [-0.15, -0.1) is 0 Å². The highest BCUT2D eigenvalue weighted by Crippen LogP contribution is 2.38. The number of thiazole rings is 1. The first kappa shape index (κ1) is 25.9. The maximum Gasteiger partial charge on any atom is 0.283 e. The van der Waals surface area contributed by atoms with Gasteiger partial charge >= 0.3 is 0 Å². The first-order chi connectivity index (χ1) is 18.1. The quantitative estimate of drug-likeness (QED) is 0.324. The molecule has 0 radical (unpaired) electrons. The fraction of sp³-hybridized carbons (Fsp3) is 0.345. The van der Waals surface area contributed by atoms with E-state index in [0.717, 1.165) is 47.2 Å². The first-order valence-corrected chi connectivity index (χ1v) is 13.5. The maximum absolute atomic E-state index is 13.7. The van der Waals surface area contributed by atoms with Crippen LogP contribution >= 0.6 is 11.3 Å². The third-order valence-corrected chi connectivity index (χ3v) is 8.27. The predicted octanol–water partition coefficient (Wildman–Crippen LogP) is 5.40.